The van der Waals surface area contributed by atoms with E-state index in [1.807, 2.05) is 12.1 Å². The number of nitrogens with zero attached hydrogens (tertiary/aromatic N) is 2. The number of anilines is 2. The smallest absolute Gasteiger partial charge is 0.224 e. The highest BCUT2D eigenvalue weighted by atomic mass is 79.9. The third kappa shape index (κ3) is 5.30. The Balaban J connectivity index is 1.57. The van der Waals surface area contributed by atoms with Crippen LogP contribution in [0.15, 0.2) is 40.9 Å². The van der Waals surface area contributed by atoms with Crippen LogP contribution < -0.4 is 10.2 Å². The number of aryl methyl sites for hydroxylation is 2. The van der Waals surface area contributed by atoms with Gasteiger partial charge in [-0.25, -0.2) is 4.39 Å². The molecule has 0 radical (unpaired) electrons. The molecule has 1 heterocycles. The summed E-state index contributed by atoms with van der Waals surface area (Å²) in [4.78, 5) is 17.0. The zero-order valence-electron chi connectivity index (χ0n) is 15.8. The fraction of sp³-hybridized carbons (Fsp3) is 0.381. The molecule has 1 N–H and O–H groups in total. The van der Waals surface area contributed by atoms with E-state index >= 15 is 0 Å². The molecule has 2 aromatic rings. The summed E-state index contributed by atoms with van der Waals surface area (Å²) in [5.74, 6) is -0.395. The molecule has 2 aromatic carbocycles. The summed E-state index contributed by atoms with van der Waals surface area (Å²) < 4.78 is 14.6. The predicted molar refractivity (Wildman–Crippen MR) is 112 cm³/mol. The summed E-state index contributed by atoms with van der Waals surface area (Å²) in [5.41, 5.74) is 3.70. The molecule has 0 aromatic heterocycles. The van der Waals surface area contributed by atoms with Crippen LogP contribution in [0.4, 0.5) is 15.8 Å². The zero-order chi connectivity index (χ0) is 19.4. The van der Waals surface area contributed by atoms with Crippen LogP contribution in [0.1, 0.15) is 17.5 Å². The van der Waals surface area contributed by atoms with Crippen molar-refractivity contribution >= 4 is 33.2 Å². The van der Waals surface area contributed by atoms with Crippen molar-refractivity contribution in [2.75, 3.05) is 43.4 Å². The monoisotopic (exact) mass is 433 g/mol. The van der Waals surface area contributed by atoms with Gasteiger partial charge in [0.2, 0.25) is 5.91 Å². The molecule has 0 aliphatic carbocycles. The zero-order valence-corrected chi connectivity index (χ0v) is 17.4. The Kier molecular flexibility index (Phi) is 6.50. The first kappa shape index (κ1) is 19.8. The fourth-order valence-corrected chi connectivity index (χ4v) is 3.66. The van der Waals surface area contributed by atoms with Crippen molar-refractivity contribution in [3.8, 4) is 0 Å². The van der Waals surface area contributed by atoms with E-state index in [1.165, 1.54) is 11.8 Å². The van der Waals surface area contributed by atoms with Gasteiger partial charge in [0.15, 0.2) is 0 Å². The highest BCUT2D eigenvalue weighted by Crippen LogP contribution is 2.25. The summed E-state index contributed by atoms with van der Waals surface area (Å²) in [7, 11) is 2.14. The van der Waals surface area contributed by atoms with Crippen molar-refractivity contribution in [2.24, 2.45) is 0 Å². The van der Waals surface area contributed by atoms with Gasteiger partial charge in [-0.1, -0.05) is 22.0 Å². The standard InChI is InChI=1S/C21H25BrFN3O/c1-15-13-18(6-7-20(15)26-11-9-25(2)10-12-26)24-21(27)8-4-16-3-5-17(22)14-19(16)23/h3,5-7,13-14H,4,8-12H2,1-2H3,(H,24,27). The number of hydrogen-bond donors (Lipinski definition) is 1. The number of rotatable bonds is 5. The lowest BCUT2D eigenvalue weighted by atomic mass is 10.1. The van der Waals surface area contributed by atoms with Crippen molar-refractivity contribution in [2.45, 2.75) is 19.8 Å². The first-order valence-corrected chi connectivity index (χ1v) is 9.99. The van der Waals surface area contributed by atoms with E-state index in [2.05, 4.69) is 51.1 Å². The van der Waals surface area contributed by atoms with Crippen LogP contribution in [0, 0.1) is 12.7 Å². The van der Waals surface area contributed by atoms with E-state index in [0.717, 1.165) is 37.4 Å². The fourth-order valence-electron chi connectivity index (χ4n) is 3.33. The topological polar surface area (TPSA) is 35.6 Å². The number of amides is 1. The normalized spacial score (nSPS) is 15.0. The molecule has 0 saturated carbocycles. The summed E-state index contributed by atoms with van der Waals surface area (Å²) in [6, 6.07) is 10.9. The molecule has 6 heteroatoms. The third-order valence-corrected chi connectivity index (χ3v) is 5.45. The Labute approximate surface area is 168 Å². The van der Waals surface area contributed by atoms with Gasteiger partial charge in [0, 0.05) is 48.4 Å². The third-order valence-electron chi connectivity index (χ3n) is 4.96. The van der Waals surface area contributed by atoms with Crippen molar-refractivity contribution in [3.63, 3.8) is 0 Å². The van der Waals surface area contributed by atoms with Crippen molar-refractivity contribution < 1.29 is 9.18 Å². The maximum absolute atomic E-state index is 13.9. The number of carbonyl (C=O) groups is 1. The number of halogens is 2. The van der Waals surface area contributed by atoms with Crippen LogP contribution in [0.25, 0.3) is 0 Å². The molecule has 144 valence electrons. The summed E-state index contributed by atoms with van der Waals surface area (Å²) >= 11 is 3.24. The van der Waals surface area contributed by atoms with E-state index in [1.54, 1.807) is 12.1 Å². The molecule has 4 nitrogen and oxygen atoms in total. The molecule has 0 bridgehead atoms. The Hall–Kier alpha value is -1.92. The van der Waals surface area contributed by atoms with Gasteiger partial charge in [-0.3, -0.25) is 4.79 Å². The molecular formula is C21H25BrFN3O. The number of benzene rings is 2. The van der Waals surface area contributed by atoms with Crippen LogP contribution in [0.2, 0.25) is 0 Å². The highest BCUT2D eigenvalue weighted by molar-refractivity contribution is 9.10. The Morgan fingerprint density at radius 3 is 2.56 bits per heavy atom. The lowest BCUT2D eigenvalue weighted by Gasteiger charge is -2.35. The number of hydrogen-bond acceptors (Lipinski definition) is 3. The second kappa shape index (κ2) is 8.85. The van der Waals surface area contributed by atoms with Crippen LogP contribution in [0.5, 0.6) is 0 Å². The van der Waals surface area contributed by atoms with Crippen molar-refractivity contribution in [1.29, 1.82) is 0 Å². The van der Waals surface area contributed by atoms with Gasteiger partial charge in [-0.15, -0.1) is 0 Å². The predicted octanol–water partition coefficient (Wildman–Crippen LogP) is 4.22. The first-order chi connectivity index (χ1) is 12.9. The van der Waals surface area contributed by atoms with E-state index in [4.69, 9.17) is 0 Å². The number of carbonyl (C=O) groups excluding carboxylic acids is 1. The minimum Gasteiger partial charge on any atom is -0.369 e. The van der Waals surface area contributed by atoms with E-state index in [-0.39, 0.29) is 18.1 Å². The molecular weight excluding hydrogens is 409 g/mol. The highest BCUT2D eigenvalue weighted by Gasteiger charge is 2.16. The Bertz CT molecular complexity index is 819. The van der Waals surface area contributed by atoms with Crippen LogP contribution >= 0.6 is 15.9 Å². The molecule has 0 spiro atoms. The van der Waals surface area contributed by atoms with Crippen molar-refractivity contribution in [1.82, 2.24) is 4.90 Å². The summed E-state index contributed by atoms with van der Waals surface area (Å²) in [6.45, 7) is 6.22. The average molecular weight is 434 g/mol. The molecule has 1 aliphatic heterocycles. The molecule has 3 rings (SSSR count). The summed E-state index contributed by atoms with van der Waals surface area (Å²) in [5, 5.41) is 2.92. The molecule has 27 heavy (non-hydrogen) atoms. The Morgan fingerprint density at radius 1 is 1.15 bits per heavy atom. The minimum absolute atomic E-state index is 0.107. The van der Waals surface area contributed by atoms with Gasteiger partial charge in [0.1, 0.15) is 5.82 Å². The van der Waals surface area contributed by atoms with Crippen molar-refractivity contribution in [3.05, 3.63) is 57.8 Å². The van der Waals surface area contributed by atoms with Gasteiger partial charge in [0.05, 0.1) is 0 Å². The van der Waals surface area contributed by atoms with Crippen LogP contribution in [0.3, 0.4) is 0 Å². The lowest BCUT2D eigenvalue weighted by molar-refractivity contribution is -0.116. The number of nitrogens with one attached hydrogen (secondary N) is 1. The van der Waals surface area contributed by atoms with Gasteiger partial charge in [-0.05, 0) is 61.9 Å². The first-order valence-electron chi connectivity index (χ1n) is 9.20. The summed E-state index contributed by atoms with van der Waals surface area (Å²) in [6.07, 6.45) is 0.626. The quantitative estimate of drug-likeness (QED) is 0.766. The maximum Gasteiger partial charge on any atom is 0.224 e. The number of piperazine rings is 1. The van der Waals surface area contributed by atoms with Crippen LogP contribution in [-0.4, -0.2) is 44.0 Å². The van der Waals surface area contributed by atoms with Crippen LogP contribution in [-0.2, 0) is 11.2 Å². The molecule has 0 unspecified atom stereocenters. The van der Waals surface area contributed by atoms with Gasteiger partial charge >= 0.3 is 0 Å². The minimum atomic E-state index is -0.287. The van der Waals surface area contributed by atoms with E-state index in [9.17, 15) is 9.18 Å². The van der Waals surface area contributed by atoms with E-state index in [0.29, 0.717) is 16.5 Å². The number of likely N-dealkylation sites (N-methyl/N-ethyl adjacent to an activating group) is 1. The van der Waals surface area contributed by atoms with Gasteiger partial charge in [0.25, 0.3) is 0 Å². The molecule has 1 aliphatic rings. The van der Waals surface area contributed by atoms with E-state index < -0.39 is 0 Å². The molecule has 1 saturated heterocycles. The average Bonchev–Trinajstić information content (AvgIpc) is 2.62. The largest absolute Gasteiger partial charge is 0.369 e. The molecule has 1 amide bonds. The van der Waals surface area contributed by atoms with Gasteiger partial charge < -0.3 is 15.1 Å². The molecule has 0 atom stereocenters. The molecule has 1 fully saturated rings. The Morgan fingerprint density at radius 2 is 1.89 bits per heavy atom. The maximum atomic E-state index is 13.9. The van der Waals surface area contributed by atoms with Gasteiger partial charge in [-0.2, -0.15) is 0 Å². The second-order valence-electron chi connectivity index (χ2n) is 7.08. The SMILES string of the molecule is Cc1cc(NC(=O)CCc2ccc(Br)cc2F)ccc1N1CCN(C)CC1. The lowest BCUT2D eigenvalue weighted by Crippen LogP contribution is -2.44. The second-order valence-corrected chi connectivity index (χ2v) is 7.99.